The molecule has 1 N–H and O–H groups in total. The van der Waals surface area contributed by atoms with Crippen LogP contribution in [0.2, 0.25) is 5.02 Å². The summed E-state index contributed by atoms with van der Waals surface area (Å²) in [7, 11) is 0. The first-order valence-electron chi connectivity index (χ1n) is 10.3. The number of halogens is 1. The molecule has 33 heavy (non-hydrogen) atoms. The number of fused-ring (bicyclic) bond motifs is 1. The average molecular weight is 468 g/mol. The quantitative estimate of drug-likeness (QED) is 0.505. The van der Waals surface area contributed by atoms with Gasteiger partial charge in [0.1, 0.15) is 5.56 Å². The molecule has 4 rings (SSSR count). The van der Waals surface area contributed by atoms with E-state index in [1.165, 1.54) is 18.2 Å². The van der Waals surface area contributed by atoms with Crippen molar-refractivity contribution in [2.45, 2.75) is 19.5 Å². The standard InChI is InChI=1S/C25H22ClNO6/c1-16(18-6-3-2-4-7-18)27(13-17-10-11-21-22(12-17)33-15-32-21)23(28)14-31-24-19(25(29)30)8-5-9-20(24)26/h2-12,16H,13-15H2,1H3,(H,29,30). The fraction of sp³-hybridized carbons (Fsp3) is 0.200. The molecule has 1 aliphatic heterocycles. The number of para-hydroxylation sites is 1. The topological polar surface area (TPSA) is 85.3 Å². The second-order valence-corrected chi connectivity index (χ2v) is 7.91. The van der Waals surface area contributed by atoms with Crippen molar-refractivity contribution in [1.29, 1.82) is 0 Å². The third-order valence-corrected chi connectivity index (χ3v) is 5.69. The van der Waals surface area contributed by atoms with E-state index >= 15 is 0 Å². The number of carbonyl (C=O) groups excluding carboxylic acids is 1. The molecule has 0 spiro atoms. The van der Waals surface area contributed by atoms with Crippen molar-refractivity contribution in [2.24, 2.45) is 0 Å². The Labute approximate surface area is 196 Å². The highest BCUT2D eigenvalue weighted by atomic mass is 35.5. The number of benzene rings is 3. The highest BCUT2D eigenvalue weighted by Gasteiger charge is 2.25. The lowest BCUT2D eigenvalue weighted by atomic mass is 10.1. The number of carbonyl (C=O) groups is 2. The molecule has 170 valence electrons. The van der Waals surface area contributed by atoms with E-state index in [1.54, 1.807) is 4.90 Å². The molecule has 3 aromatic rings. The lowest BCUT2D eigenvalue weighted by Gasteiger charge is -2.30. The first kappa shape index (κ1) is 22.5. The lowest BCUT2D eigenvalue weighted by molar-refractivity contribution is -0.136. The minimum Gasteiger partial charge on any atom is -0.481 e. The Hall–Kier alpha value is -3.71. The predicted octanol–water partition coefficient (Wildman–Crippen LogP) is 4.94. The number of hydrogen-bond acceptors (Lipinski definition) is 5. The van der Waals surface area contributed by atoms with Crippen LogP contribution >= 0.6 is 11.6 Å². The Kier molecular flexibility index (Phi) is 6.70. The van der Waals surface area contributed by atoms with Crippen molar-refractivity contribution in [3.8, 4) is 17.2 Å². The highest BCUT2D eigenvalue weighted by molar-refractivity contribution is 6.32. The summed E-state index contributed by atoms with van der Waals surface area (Å²) < 4.78 is 16.4. The normalized spacial score (nSPS) is 12.8. The van der Waals surface area contributed by atoms with Crippen molar-refractivity contribution >= 4 is 23.5 Å². The van der Waals surface area contributed by atoms with Crippen LogP contribution in [0.25, 0.3) is 0 Å². The molecule has 0 saturated heterocycles. The average Bonchev–Trinajstić information content (AvgIpc) is 3.29. The summed E-state index contributed by atoms with van der Waals surface area (Å²) in [6.07, 6.45) is 0. The zero-order chi connectivity index (χ0) is 23.4. The Morgan fingerprint density at radius 3 is 2.58 bits per heavy atom. The third kappa shape index (κ3) is 5.04. The first-order chi connectivity index (χ1) is 15.9. The molecule has 1 heterocycles. The van der Waals surface area contributed by atoms with Gasteiger partial charge >= 0.3 is 5.97 Å². The molecule has 0 aromatic heterocycles. The number of carboxylic acid groups (broad SMARTS) is 1. The SMILES string of the molecule is CC(c1ccccc1)N(Cc1ccc2c(c1)OCO2)C(=O)COc1c(Cl)cccc1C(=O)O. The smallest absolute Gasteiger partial charge is 0.339 e. The molecule has 0 radical (unpaired) electrons. The van der Waals surface area contributed by atoms with Crippen molar-refractivity contribution in [3.05, 3.63) is 88.4 Å². The van der Waals surface area contributed by atoms with E-state index in [-0.39, 0.29) is 41.7 Å². The van der Waals surface area contributed by atoms with Crippen molar-refractivity contribution in [1.82, 2.24) is 4.90 Å². The zero-order valence-corrected chi connectivity index (χ0v) is 18.6. The number of ether oxygens (including phenoxy) is 3. The van der Waals surface area contributed by atoms with E-state index in [0.29, 0.717) is 18.0 Å². The van der Waals surface area contributed by atoms with Crippen LogP contribution in [0.1, 0.15) is 34.5 Å². The van der Waals surface area contributed by atoms with E-state index in [4.69, 9.17) is 25.8 Å². The summed E-state index contributed by atoms with van der Waals surface area (Å²) in [5.74, 6) is -0.243. The van der Waals surface area contributed by atoms with Gasteiger partial charge in [-0.15, -0.1) is 0 Å². The van der Waals surface area contributed by atoms with Crippen LogP contribution in [0.3, 0.4) is 0 Å². The second-order valence-electron chi connectivity index (χ2n) is 7.51. The second kappa shape index (κ2) is 9.83. The van der Waals surface area contributed by atoms with Gasteiger partial charge in [0.25, 0.3) is 5.91 Å². The summed E-state index contributed by atoms with van der Waals surface area (Å²) >= 11 is 6.14. The van der Waals surface area contributed by atoms with Gasteiger partial charge in [0.15, 0.2) is 23.9 Å². The molecule has 7 nitrogen and oxygen atoms in total. The summed E-state index contributed by atoms with van der Waals surface area (Å²) in [5.41, 5.74) is 1.71. The Morgan fingerprint density at radius 2 is 1.82 bits per heavy atom. The van der Waals surface area contributed by atoms with Crippen molar-refractivity contribution < 1.29 is 28.9 Å². The molecule has 1 atom stereocenters. The molecule has 3 aromatic carbocycles. The molecule has 1 unspecified atom stereocenters. The highest BCUT2D eigenvalue weighted by Crippen LogP contribution is 2.34. The van der Waals surface area contributed by atoms with E-state index in [1.807, 2.05) is 55.5 Å². The monoisotopic (exact) mass is 467 g/mol. The van der Waals surface area contributed by atoms with Crippen LogP contribution in [-0.2, 0) is 11.3 Å². The van der Waals surface area contributed by atoms with Gasteiger partial charge in [0.2, 0.25) is 6.79 Å². The molecule has 8 heteroatoms. The van der Waals surface area contributed by atoms with Gasteiger partial charge in [0, 0.05) is 6.54 Å². The number of carboxylic acids is 1. The van der Waals surface area contributed by atoms with Crippen LogP contribution in [0.4, 0.5) is 0 Å². The van der Waals surface area contributed by atoms with Crippen LogP contribution < -0.4 is 14.2 Å². The van der Waals surface area contributed by atoms with E-state index < -0.39 is 5.97 Å². The van der Waals surface area contributed by atoms with Crippen LogP contribution in [0.5, 0.6) is 17.2 Å². The predicted molar refractivity (Wildman–Crippen MR) is 122 cm³/mol. The van der Waals surface area contributed by atoms with E-state index in [0.717, 1.165) is 11.1 Å². The van der Waals surface area contributed by atoms with Crippen LogP contribution in [0, 0.1) is 0 Å². The third-order valence-electron chi connectivity index (χ3n) is 5.40. The Balaban J connectivity index is 1.58. The molecule has 0 fully saturated rings. The molecular formula is C25H22ClNO6. The van der Waals surface area contributed by atoms with Crippen molar-refractivity contribution in [3.63, 3.8) is 0 Å². The zero-order valence-electron chi connectivity index (χ0n) is 17.9. The number of amides is 1. The summed E-state index contributed by atoms with van der Waals surface area (Å²) in [6.45, 7) is 2.02. The lowest BCUT2D eigenvalue weighted by Crippen LogP contribution is -2.36. The van der Waals surface area contributed by atoms with Gasteiger partial charge in [-0.2, -0.15) is 0 Å². The minimum atomic E-state index is -1.19. The molecule has 0 bridgehead atoms. The number of aromatic carboxylic acids is 1. The van der Waals surface area contributed by atoms with Crippen LogP contribution in [-0.4, -0.2) is 35.3 Å². The maximum atomic E-state index is 13.3. The maximum absolute atomic E-state index is 13.3. The summed E-state index contributed by atoms with van der Waals surface area (Å²) in [4.78, 5) is 26.5. The van der Waals surface area contributed by atoms with Gasteiger partial charge in [0.05, 0.1) is 11.1 Å². The summed E-state index contributed by atoms with van der Waals surface area (Å²) in [5, 5.41) is 9.54. The van der Waals surface area contributed by atoms with E-state index in [9.17, 15) is 14.7 Å². The Morgan fingerprint density at radius 1 is 1.06 bits per heavy atom. The molecule has 0 saturated carbocycles. The van der Waals surface area contributed by atoms with Gasteiger partial charge in [-0.3, -0.25) is 4.79 Å². The number of hydrogen-bond donors (Lipinski definition) is 1. The number of rotatable bonds is 8. The van der Waals surface area contributed by atoms with Gasteiger partial charge < -0.3 is 24.2 Å². The molecule has 1 amide bonds. The molecular weight excluding hydrogens is 446 g/mol. The Bertz CT molecular complexity index is 1170. The minimum absolute atomic E-state index is 0.0320. The molecule has 0 aliphatic carbocycles. The van der Waals surface area contributed by atoms with Gasteiger partial charge in [-0.05, 0) is 42.3 Å². The summed E-state index contributed by atoms with van der Waals surface area (Å²) in [6, 6.07) is 19.3. The number of nitrogens with zero attached hydrogens (tertiary/aromatic N) is 1. The van der Waals surface area contributed by atoms with Gasteiger partial charge in [-0.1, -0.05) is 54.1 Å². The fourth-order valence-electron chi connectivity index (χ4n) is 3.63. The largest absolute Gasteiger partial charge is 0.481 e. The molecule has 1 aliphatic rings. The first-order valence-corrected chi connectivity index (χ1v) is 10.7. The van der Waals surface area contributed by atoms with Crippen LogP contribution in [0.15, 0.2) is 66.7 Å². The van der Waals surface area contributed by atoms with Gasteiger partial charge in [-0.25, -0.2) is 4.79 Å². The van der Waals surface area contributed by atoms with E-state index in [2.05, 4.69) is 0 Å². The fourth-order valence-corrected chi connectivity index (χ4v) is 3.86. The van der Waals surface area contributed by atoms with Crippen molar-refractivity contribution in [2.75, 3.05) is 13.4 Å². The maximum Gasteiger partial charge on any atom is 0.339 e.